The van der Waals surface area contributed by atoms with E-state index in [2.05, 4.69) is 10.3 Å². The highest BCUT2D eigenvalue weighted by molar-refractivity contribution is 7.18. The highest BCUT2D eigenvalue weighted by Crippen LogP contribution is 2.32. The van der Waals surface area contributed by atoms with Crippen LogP contribution in [0.15, 0.2) is 60.7 Å². The highest BCUT2D eigenvalue weighted by Gasteiger charge is 2.21. The van der Waals surface area contributed by atoms with E-state index in [1.165, 1.54) is 0 Å². The number of hydrogen-bond acceptors (Lipinski definition) is 5. The molecule has 0 radical (unpaired) electrons. The summed E-state index contributed by atoms with van der Waals surface area (Å²) in [4.78, 5) is 29.4. The number of rotatable bonds is 5. The molecule has 0 atom stereocenters. The monoisotopic (exact) mass is 352 g/mol. The number of anilines is 1. The number of nitrogens with zero attached hydrogens (tertiary/aromatic N) is 1. The van der Waals surface area contributed by atoms with Crippen molar-refractivity contribution >= 4 is 28.3 Å². The minimum atomic E-state index is -0.445. The number of benzene rings is 2. The van der Waals surface area contributed by atoms with E-state index in [-0.39, 0.29) is 12.5 Å². The third-order valence-electron chi connectivity index (χ3n) is 3.39. The van der Waals surface area contributed by atoms with Crippen molar-refractivity contribution < 1.29 is 14.3 Å². The fraction of sp³-hybridized carbons (Fsp3) is 0.105. The van der Waals surface area contributed by atoms with Crippen LogP contribution in [-0.4, -0.2) is 23.5 Å². The van der Waals surface area contributed by atoms with Crippen LogP contribution in [0.2, 0.25) is 0 Å². The molecule has 6 heteroatoms. The Kier molecular flexibility index (Phi) is 5.20. The van der Waals surface area contributed by atoms with E-state index in [1.807, 2.05) is 36.4 Å². The van der Waals surface area contributed by atoms with Crippen molar-refractivity contribution in [3.8, 4) is 11.3 Å². The first-order valence-electron chi connectivity index (χ1n) is 7.78. The zero-order valence-corrected chi connectivity index (χ0v) is 14.4. The molecule has 2 aromatic carbocycles. The van der Waals surface area contributed by atoms with Crippen molar-refractivity contribution in [3.63, 3.8) is 0 Å². The Hall–Kier alpha value is -2.99. The second-order valence-electron chi connectivity index (χ2n) is 5.10. The molecule has 0 saturated carbocycles. The number of ether oxygens (including phenoxy) is 1. The van der Waals surface area contributed by atoms with Gasteiger partial charge in [-0.2, -0.15) is 0 Å². The summed E-state index contributed by atoms with van der Waals surface area (Å²) < 4.78 is 5.11. The first kappa shape index (κ1) is 16.9. The van der Waals surface area contributed by atoms with Crippen LogP contribution in [0, 0.1) is 0 Å². The lowest BCUT2D eigenvalue weighted by Gasteiger charge is -2.01. The lowest BCUT2D eigenvalue weighted by molar-refractivity contribution is 0.0532. The second kappa shape index (κ2) is 7.72. The van der Waals surface area contributed by atoms with Crippen molar-refractivity contribution in [2.75, 3.05) is 11.9 Å². The van der Waals surface area contributed by atoms with E-state index in [4.69, 9.17) is 4.74 Å². The Morgan fingerprint density at radius 3 is 2.32 bits per heavy atom. The molecule has 25 heavy (non-hydrogen) atoms. The SMILES string of the molecule is CCOC(=O)c1sc(NC(=O)c2ccccc2)nc1-c1ccccc1. The van der Waals surface area contributed by atoms with Crippen LogP contribution in [0.1, 0.15) is 27.0 Å². The average molecular weight is 352 g/mol. The smallest absolute Gasteiger partial charge is 0.350 e. The maximum atomic E-state index is 12.3. The van der Waals surface area contributed by atoms with E-state index >= 15 is 0 Å². The molecule has 0 aliphatic rings. The first-order valence-corrected chi connectivity index (χ1v) is 8.60. The van der Waals surface area contributed by atoms with Gasteiger partial charge in [0.15, 0.2) is 5.13 Å². The zero-order valence-electron chi connectivity index (χ0n) is 13.6. The van der Waals surface area contributed by atoms with Gasteiger partial charge in [0.05, 0.1) is 12.3 Å². The topological polar surface area (TPSA) is 68.3 Å². The van der Waals surface area contributed by atoms with Crippen molar-refractivity contribution in [2.45, 2.75) is 6.92 Å². The number of hydrogen-bond donors (Lipinski definition) is 1. The van der Waals surface area contributed by atoms with Gasteiger partial charge in [0, 0.05) is 11.1 Å². The van der Waals surface area contributed by atoms with Gasteiger partial charge in [-0.3, -0.25) is 10.1 Å². The molecule has 1 amide bonds. The summed E-state index contributed by atoms with van der Waals surface area (Å²) in [6.07, 6.45) is 0. The Balaban J connectivity index is 1.93. The number of thiazole rings is 1. The zero-order chi connectivity index (χ0) is 17.6. The molecule has 0 aliphatic heterocycles. The normalized spacial score (nSPS) is 10.3. The van der Waals surface area contributed by atoms with Gasteiger partial charge in [-0.15, -0.1) is 0 Å². The van der Waals surface area contributed by atoms with Gasteiger partial charge in [-0.25, -0.2) is 9.78 Å². The summed E-state index contributed by atoms with van der Waals surface area (Å²) in [6.45, 7) is 2.02. The molecule has 0 spiro atoms. The van der Waals surface area contributed by atoms with Gasteiger partial charge in [-0.1, -0.05) is 59.9 Å². The van der Waals surface area contributed by atoms with Gasteiger partial charge in [-0.05, 0) is 19.1 Å². The standard InChI is InChI=1S/C19H16N2O3S/c1-2-24-18(23)16-15(13-9-5-3-6-10-13)20-19(25-16)21-17(22)14-11-7-4-8-12-14/h3-12H,2H2,1H3,(H,20,21,22). The number of amides is 1. The van der Waals surface area contributed by atoms with E-state index in [0.717, 1.165) is 16.9 Å². The number of nitrogens with one attached hydrogen (secondary N) is 1. The summed E-state index contributed by atoms with van der Waals surface area (Å²) in [7, 11) is 0. The van der Waals surface area contributed by atoms with Crippen molar-refractivity contribution in [3.05, 3.63) is 71.1 Å². The Bertz CT molecular complexity index is 876. The van der Waals surface area contributed by atoms with Gasteiger partial charge >= 0.3 is 5.97 Å². The maximum Gasteiger partial charge on any atom is 0.350 e. The molecule has 0 bridgehead atoms. The molecule has 0 aliphatic carbocycles. The third kappa shape index (κ3) is 3.92. The molecule has 1 N–H and O–H groups in total. The van der Waals surface area contributed by atoms with Crippen LogP contribution in [0.25, 0.3) is 11.3 Å². The van der Waals surface area contributed by atoms with Crippen LogP contribution in [-0.2, 0) is 4.74 Å². The van der Waals surface area contributed by atoms with Crippen LogP contribution in [0.3, 0.4) is 0 Å². The molecule has 0 unspecified atom stereocenters. The minimum absolute atomic E-state index is 0.274. The number of aromatic nitrogens is 1. The van der Waals surface area contributed by atoms with Crippen LogP contribution in [0.4, 0.5) is 5.13 Å². The predicted octanol–water partition coefficient (Wildman–Crippen LogP) is 4.24. The largest absolute Gasteiger partial charge is 0.462 e. The molecule has 0 fully saturated rings. The molecule has 0 saturated heterocycles. The first-order chi connectivity index (χ1) is 12.2. The predicted molar refractivity (Wildman–Crippen MR) is 97.9 cm³/mol. The van der Waals surface area contributed by atoms with E-state index in [0.29, 0.717) is 21.3 Å². The van der Waals surface area contributed by atoms with E-state index in [9.17, 15) is 9.59 Å². The van der Waals surface area contributed by atoms with Crippen molar-refractivity contribution in [1.82, 2.24) is 4.98 Å². The Morgan fingerprint density at radius 1 is 1.04 bits per heavy atom. The van der Waals surface area contributed by atoms with Crippen molar-refractivity contribution in [1.29, 1.82) is 0 Å². The van der Waals surface area contributed by atoms with Crippen LogP contribution < -0.4 is 5.32 Å². The summed E-state index contributed by atoms with van der Waals surface area (Å²) >= 11 is 1.11. The average Bonchev–Trinajstić information content (AvgIpc) is 3.07. The van der Waals surface area contributed by atoms with Gasteiger partial charge in [0.1, 0.15) is 4.88 Å². The summed E-state index contributed by atoms with van der Waals surface area (Å²) in [5, 5.41) is 3.10. The molecule has 126 valence electrons. The van der Waals surface area contributed by atoms with Gasteiger partial charge in [0.2, 0.25) is 0 Å². The molecule has 3 rings (SSSR count). The summed E-state index contributed by atoms with van der Waals surface area (Å²) in [5.41, 5.74) is 1.83. The maximum absolute atomic E-state index is 12.3. The Morgan fingerprint density at radius 2 is 1.68 bits per heavy atom. The van der Waals surface area contributed by atoms with Crippen molar-refractivity contribution in [2.24, 2.45) is 0 Å². The highest BCUT2D eigenvalue weighted by atomic mass is 32.1. The summed E-state index contributed by atoms with van der Waals surface area (Å²) in [5.74, 6) is -0.719. The molecule has 1 heterocycles. The van der Waals surface area contributed by atoms with Crippen LogP contribution >= 0.6 is 11.3 Å². The minimum Gasteiger partial charge on any atom is -0.462 e. The molecular formula is C19H16N2O3S. The second-order valence-corrected chi connectivity index (χ2v) is 6.10. The number of carbonyl (C=O) groups excluding carboxylic acids is 2. The molecule has 3 aromatic rings. The molecule has 5 nitrogen and oxygen atoms in total. The van der Waals surface area contributed by atoms with E-state index in [1.54, 1.807) is 31.2 Å². The molecule has 1 aromatic heterocycles. The fourth-order valence-corrected chi connectivity index (χ4v) is 3.14. The third-order valence-corrected chi connectivity index (χ3v) is 4.34. The lowest BCUT2D eigenvalue weighted by Crippen LogP contribution is -2.11. The van der Waals surface area contributed by atoms with Crippen LogP contribution in [0.5, 0.6) is 0 Å². The Labute approximate surface area is 149 Å². The van der Waals surface area contributed by atoms with E-state index < -0.39 is 5.97 Å². The van der Waals surface area contributed by atoms with Gasteiger partial charge in [0.25, 0.3) is 5.91 Å². The quantitative estimate of drug-likeness (QED) is 0.698. The molecular weight excluding hydrogens is 336 g/mol. The number of esters is 1. The lowest BCUT2D eigenvalue weighted by atomic mass is 10.1. The fourth-order valence-electron chi connectivity index (χ4n) is 2.26. The number of carbonyl (C=O) groups is 2. The van der Waals surface area contributed by atoms with Gasteiger partial charge < -0.3 is 4.74 Å². The summed E-state index contributed by atoms with van der Waals surface area (Å²) in [6, 6.07) is 18.2.